The molecular formula is C15H17ClFNO3. The standard InChI is InChI=1S/C15H17ClFNO3/c1-2-6-15(14(20)21)7-3-8-18(15)13(19)11-5-4-10(16)9-12(11)17/h4-5,9H,2-3,6-8H2,1H3,(H,20,21). The van der Waals surface area contributed by atoms with E-state index in [0.29, 0.717) is 32.2 Å². The average Bonchev–Trinajstić information content (AvgIpc) is 2.83. The quantitative estimate of drug-likeness (QED) is 0.927. The molecule has 1 aliphatic rings. The zero-order valence-corrected chi connectivity index (χ0v) is 12.5. The smallest absolute Gasteiger partial charge is 0.329 e. The SMILES string of the molecule is CCCC1(C(=O)O)CCCN1C(=O)c1ccc(Cl)cc1F. The molecule has 1 aromatic carbocycles. The summed E-state index contributed by atoms with van der Waals surface area (Å²) in [5, 5.41) is 9.76. The van der Waals surface area contributed by atoms with Crippen LogP contribution < -0.4 is 0 Å². The Balaban J connectivity index is 2.39. The number of amides is 1. The fraction of sp³-hybridized carbons (Fsp3) is 0.467. The Labute approximate surface area is 127 Å². The summed E-state index contributed by atoms with van der Waals surface area (Å²) in [6.45, 7) is 2.20. The molecule has 1 unspecified atom stereocenters. The van der Waals surface area contributed by atoms with Crippen molar-refractivity contribution in [2.45, 2.75) is 38.1 Å². The minimum Gasteiger partial charge on any atom is -0.479 e. The maximum absolute atomic E-state index is 13.9. The van der Waals surface area contributed by atoms with Crippen LogP contribution in [0.25, 0.3) is 0 Å². The van der Waals surface area contributed by atoms with Crippen molar-refractivity contribution in [1.29, 1.82) is 0 Å². The number of benzene rings is 1. The van der Waals surface area contributed by atoms with E-state index in [2.05, 4.69) is 0 Å². The van der Waals surface area contributed by atoms with Gasteiger partial charge < -0.3 is 10.0 Å². The number of carbonyl (C=O) groups is 2. The van der Waals surface area contributed by atoms with Crippen molar-refractivity contribution >= 4 is 23.5 Å². The van der Waals surface area contributed by atoms with E-state index in [1.165, 1.54) is 17.0 Å². The number of nitrogens with zero attached hydrogens (tertiary/aromatic N) is 1. The molecule has 1 N–H and O–H groups in total. The molecule has 0 bridgehead atoms. The molecule has 1 aliphatic heterocycles. The van der Waals surface area contributed by atoms with Crippen molar-refractivity contribution in [1.82, 2.24) is 4.90 Å². The lowest BCUT2D eigenvalue weighted by molar-refractivity contribution is -0.148. The van der Waals surface area contributed by atoms with Gasteiger partial charge in [-0.1, -0.05) is 24.9 Å². The van der Waals surface area contributed by atoms with Crippen LogP contribution in [0.15, 0.2) is 18.2 Å². The lowest BCUT2D eigenvalue weighted by atomic mass is 9.90. The van der Waals surface area contributed by atoms with Crippen LogP contribution in [-0.4, -0.2) is 34.0 Å². The molecule has 114 valence electrons. The molecule has 6 heteroatoms. The van der Waals surface area contributed by atoms with Gasteiger partial charge in [0.1, 0.15) is 11.4 Å². The summed E-state index contributed by atoms with van der Waals surface area (Å²) in [7, 11) is 0. The van der Waals surface area contributed by atoms with E-state index >= 15 is 0 Å². The summed E-state index contributed by atoms with van der Waals surface area (Å²) in [6.07, 6.45) is 2.01. The van der Waals surface area contributed by atoms with Crippen molar-refractivity contribution < 1.29 is 19.1 Å². The molecule has 2 rings (SSSR count). The summed E-state index contributed by atoms with van der Waals surface area (Å²) < 4.78 is 13.9. The lowest BCUT2D eigenvalue weighted by Crippen LogP contribution is -2.53. The average molecular weight is 314 g/mol. The largest absolute Gasteiger partial charge is 0.479 e. The Kier molecular flexibility index (Phi) is 4.52. The summed E-state index contributed by atoms with van der Waals surface area (Å²) in [6, 6.07) is 3.79. The number of hydrogen-bond acceptors (Lipinski definition) is 2. The number of carboxylic acids is 1. The van der Waals surface area contributed by atoms with Crippen LogP contribution >= 0.6 is 11.6 Å². The molecule has 1 atom stereocenters. The van der Waals surface area contributed by atoms with Crippen molar-refractivity contribution in [3.63, 3.8) is 0 Å². The Hall–Kier alpha value is -1.62. The van der Waals surface area contributed by atoms with Crippen LogP contribution in [0, 0.1) is 5.82 Å². The number of hydrogen-bond donors (Lipinski definition) is 1. The van der Waals surface area contributed by atoms with Gasteiger partial charge in [-0.25, -0.2) is 9.18 Å². The minimum absolute atomic E-state index is 0.136. The highest BCUT2D eigenvalue weighted by atomic mass is 35.5. The molecule has 0 spiro atoms. The van der Waals surface area contributed by atoms with Gasteiger partial charge in [0.2, 0.25) is 0 Å². The number of likely N-dealkylation sites (tertiary alicyclic amines) is 1. The van der Waals surface area contributed by atoms with Crippen LogP contribution in [-0.2, 0) is 4.79 Å². The Morgan fingerprint density at radius 3 is 2.76 bits per heavy atom. The Bertz CT molecular complexity index is 578. The molecule has 0 saturated carbocycles. The van der Waals surface area contributed by atoms with Crippen molar-refractivity contribution in [3.8, 4) is 0 Å². The van der Waals surface area contributed by atoms with Crippen LogP contribution in [0.4, 0.5) is 4.39 Å². The normalized spacial score (nSPS) is 21.6. The number of halogens is 2. The molecule has 1 heterocycles. The summed E-state index contributed by atoms with van der Waals surface area (Å²) in [4.78, 5) is 25.5. The highest BCUT2D eigenvalue weighted by Crippen LogP contribution is 2.35. The highest BCUT2D eigenvalue weighted by Gasteiger charge is 2.49. The second kappa shape index (κ2) is 6.02. The predicted molar refractivity (Wildman–Crippen MR) is 77.0 cm³/mol. The third-order valence-electron chi connectivity index (χ3n) is 3.96. The summed E-state index contributed by atoms with van der Waals surface area (Å²) in [5.74, 6) is -2.34. The fourth-order valence-corrected chi connectivity index (χ4v) is 3.14. The van der Waals surface area contributed by atoms with Gasteiger partial charge in [0.05, 0.1) is 5.56 Å². The second-order valence-corrected chi connectivity index (χ2v) is 5.71. The van der Waals surface area contributed by atoms with Crippen molar-refractivity contribution in [3.05, 3.63) is 34.6 Å². The van der Waals surface area contributed by atoms with Gasteiger partial charge in [0.15, 0.2) is 0 Å². The molecule has 1 amide bonds. The van der Waals surface area contributed by atoms with Crippen LogP contribution in [0.2, 0.25) is 5.02 Å². The van der Waals surface area contributed by atoms with E-state index < -0.39 is 23.2 Å². The third kappa shape index (κ3) is 2.75. The van der Waals surface area contributed by atoms with E-state index in [9.17, 15) is 19.1 Å². The van der Waals surface area contributed by atoms with Crippen LogP contribution in [0.5, 0.6) is 0 Å². The molecule has 1 saturated heterocycles. The monoisotopic (exact) mass is 313 g/mol. The first kappa shape index (κ1) is 15.8. The van der Waals surface area contributed by atoms with E-state index in [1.54, 1.807) is 0 Å². The first-order valence-electron chi connectivity index (χ1n) is 6.93. The first-order valence-corrected chi connectivity index (χ1v) is 7.30. The van der Waals surface area contributed by atoms with E-state index in [1.807, 2.05) is 6.92 Å². The molecule has 1 aromatic rings. The third-order valence-corrected chi connectivity index (χ3v) is 4.19. The molecular weight excluding hydrogens is 297 g/mol. The second-order valence-electron chi connectivity index (χ2n) is 5.27. The number of aliphatic carboxylic acids is 1. The topological polar surface area (TPSA) is 57.6 Å². The van der Waals surface area contributed by atoms with Gasteiger partial charge in [0.25, 0.3) is 5.91 Å². The van der Waals surface area contributed by atoms with E-state index in [-0.39, 0.29) is 10.6 Å². The van der Waals surface area contributed by atoms with Crippen molar-refractivity contribution in [2.75, 3.05) is 6.54 Å². The fourth-order valence-electron chi connectivity index (χ4n) is 2.99. The molecule has 21 heavy (non-hydrogen) atoms. The maximum Gasteiger partial charge on any atom is 0.329 e. The number of carbonyl (C=O) groups excluding carboxylic acids is 1. The zero-order valence-electron chi connectivity index (χ0n) is 11.7. The molecule has 1 fully saturated rings. The van der Waals surface area contributed by atoms with E-state index in [0.717, 1.165) is 6.07 Å². The molecule has 0 aliphatic carbocycles. The minimum atomic E-state index is -1.22. The number of carboxylic acid groups (broad SMARTS) is 1. The Morgan fingerprint density at radius 1 is 1.48 bits per heavy atom. The molecule has 4 nitrogen and oxygen atoms in total. The van der Waals surface area contributed by atoms with Gasteiger partial charge in [0, 0.05) is 11.6 Å². The lowest BCUT2D eigenvalue weighted by Gasteiger charge is -2.34. The van der Waals surface area contributed by atoms with Gasteiger partial charge in [-0.05, 0) is 37.5 Å². The van der Waals surface area contributed by atoms with E-state index in [4.69, 9.17) is 11.6 Å². The highest BCUT2D eigenvalue weighted by molar-refractivity contribution is 6.30. The van der Waals surface area contributed by atoms with Crippen LogP contribution in [0.3, 0.4) is 0 Å². The summed E-state index contributed by atoms with van der Waals surface area (Å²) in [5.41, 5.74) is -1.36. The Morgan fingerprint density at radius 2 is 2.19 bits per heavy atom. The van der Waals surface area contributed by atoms with Gasteiger partial charge >= 0.3 is 5.97 Å². The molecule has 0 aromatic heterocycles. The first-order chi connectivity index (χ1) is 9.92. The van der Waals surface area contributed by atoms with Gasteiger partial charge in [-0.15, -0.1) is 0 Å². The maximum atomic E-state index is 13.9. The molecule has 0 radical (unpaired) electrons. The summed E-state index contributed by atoms with van der Waals surface area (Å²) >= 11 is 5.68. The van der Waals surface area contributed by atoms with Gasteiger partial charge in [-0.3, -0.25) is 4.79 Å². The predicted octanol–water partition coefficient (Wildman–Crippen LogP) is 3.34. The van der Waals surface area contributed by atoms with Gasteiger partial charge in [-0.2, -0.15) is 0 Å². The van der Waals surface area contributed by atoms with Crippen molar-refractivity contribution in [2.24, 2.45) is 0 Å². The van der Waals surface area contributed by atoms with Crippen LogP contribution in [0.1, 0.15) is 43.0 Å². The zero-order chi connectivity index (χ0) is 15.6. The number of rotatable bonds is 4.